The zero-order valence-electron chi connectivity index (χ0n) is 13.3. The highest BCUT2D eigenvalue weighted by atomic mass is 19.4. The predicted molar refractivity (Wildman–Crippen MR) is 87.8 cm³/mol. The molecular formula is C17H9F3N4O3. The van der Waals surface area contributed by atoms with Crippen LogP contribution in [0.15, 0.2) is 47.5 Å². The van der Waals surface area contributed by atoms with Crippen molar-refractivity contribution in [3.63, 3.8) is 0 Å². The number of carbonyl (C=O) groups is 1. The zero-order valence-corrected chi connectivity index (χ0v) is 13.3. The van der Waals surface area contributed by atoms with E-state index in [1.165, 1.54) is 18.2 Å². The minimum atomic E-state index is -4.76. The van der Waals surface area contributed by atoms with Crippen molar-refractivity contribution < 1.29 is 23.1 Å². The summed E-state index contributed by atoms with van der Waals surface area (Å²) in [6.07, 6.45) is -2.64. The molecule has 0 fully saturated rings. The number of halogens is 3. The summed E-state index contributed by atoms with van der Waals surface area (Å²) >= 11 is 0. The quantitative estimate of drug-likeness (QED) is 0.687. The minimum Gasteiger partial charge on any atom is -0.478 e. The second-order valence-electron chi connectivity index (χ2n) is 5.38. The molecule has 2 N–H and O–H groups in total. The number of H-pyrrole nitrogens is 1. The van der Waals surface area contributed by atoms with Gasteiger partial charge in [-0.1, -0.05) is 12.1 Å². The Balaban J connectivity index is 2.13. The van der Waals surface area contributed by atoms with E-state index in [0.717, 1.165) is 23.1 Å². The van der Waals surface area contributed by atoms with E-state index in [9.17, 15) is 22.8 Å². The number of carboxylic acid groups (broad SMARTS) is 1. The molecule has 0 radical (unpaired) electrons. The molecule has 0 bridgehead atoms. The van der Waals surface area contributed by atoms with E-state index >= 15 is 0 Å². The normalized spacial score (nSPS) is 11.2. The Morgan fingerprint density at radius 1 is 1.22 bits per heavy atom. The highest BCUT2D eigenvalue weighted by molar-refractivity contribution is 5.87. The van der Waals surface area contributed by atoms with Crippen LogP contribution in [-0.2, 0) is 6.18 Å². The summed E-state index contributed by atoms with van der Waals surface area (Å²) in [4.78, 5) is 30.2. The first kappa shape index (κ1) is 17.9. The molecule has 0 atom stereocenters. The average Bonchev–Trinajstić information content (AvgIpc) is 3.01. The summed E-state index contributed by atoms with van der Waals surface area (Å²) in [5, 5.41) is 11.4. The van der Waals surface area contributed by atoms with Gasteiger partial charge < -0.3 is 5.11 Å². The van der Waals surface area contributed by atoms with Crippen LogP contribution >= 0.6 is 0 Å². The fourth-order valence-electron chi connectivity index (χ4n) is 2.45. The lowest BCUT2D eigenvalue weighted by atomic mass is 10.0. The smallest absolute Gasteiger partial charge is 0.415 e. The fourth-order valence-corrected chi connectivity index (χ4v) is 2.45. The minimum absolute atomic E-state index is 0.0163. The Hall–Kier alpha value is -3.87. The number of hydrogen-bond donors (Lipinski definition) is 2. The number of pyridine rings is 1. The molecule has 1 aromatic carbocycles. The van der Waals surface area contributed by atoms with Crippen molar-refractivity contribution in [2.24, 2.45) is 0 Å². The van der Waals surface area contributed by atoms with Crippen LogP contribution in [0.4, 0.5) is 18.9 Å². The Morgan fingerprint density at radius 2 is 1.96 bits per heavy atom. The largest absolute Gasteiger partial charge is 0.478 e. The first-order chi connectivity index (χ1) is 12.7. The lowest BCUT2D eigenvalue weighted by Gasteiger charge is -2.11. The maximum Gasteiger partial charge on any atom is 0.415 e. The van der Waals surface area contributed by atoms with Gasteiger partial charge in [0.05, 0.1) is 23.3 Å². The van der Waals surface area contributed by atoms with Gasteiger partial charge in [-0.15, -0.1) is 0 Å². The third kappa shape index (κ3) is 3.30. The van der Waals surface area contributed by atoms with E-state index < -0.39 is 23.3 Å². The molecular weight excluding hydrogens is 365 g/mol. The summed E-state index contributed by atoms with van der Waals surface area (Å²) in [5.74, 6) is -1.19. The van der Waals surface area contributed by atoms with Crippen molar-refractivity contribution in [3.05, 3.63) is 75.6 Å². The zero-order chi connectivity index (χ0) is 19.8. The molecule has 0 aliphatic heterocycles. The molecule has 3 rings (SSSR count). The third-order valence-corrected chi connectivity index (χ3v) is 3.72. The predicted octanol–water partition coefficient (Wildman–Crippen LogP) is 3.50. The molecule has 0 amide bonds. The van der Waals surface area contributed by atoms with E-state index in [1.54, 1.807) is 0 Å². The molecule has 0 saturated carbocycles. The summed E-state index contributed by atoms with van der Waals surface area (Å²) in [6, 6.07) is 5.39. The van der Waals surface area contributed by atoms with Gasteiger partial charge in [0.15, 0.2) is 11.5 Å². The Bertz CT molecular complexity index is 1120. The molecule has 0 unspecified atom stereocenters. The van der Waals surface area contributed by atoms with Crippen molar-refractivity contribution in [2.75, 3.05) is 0 Å². The highest BCUT2D eigenvalue weighted by Crippen LogP contribution is 2.38. The van der Waals surface area contributed by atoms with Crippen LogP contribution in [-0.4, -0.2) is 25.8 Å². The summed E-state index contributed by atoms with van der Waals surface area (Å²) < 4.78 is 40.9. The third-order valence-electron chi connectivity index (χ3n) is 3.72. The van der Waals surface area contributed by atoms with E-state index in [2.05, 4.69) is 14.9 Å². The second kappa shape index (κ2) is 6.45. The summed E-state index contributed by atoms with van der Waals surface area (Å²) in [6.45, 7) is 6.86. The molecule has 3 aromatic rings. The Labute approximate surface area is 149 Å². The fraction of sp³-hybridized carbons (Fsp3) is 0.0588. The average molecular weight is 374 g/mol. The van der Waals surface area contributed by atoms with Gasteiger partial charge in [0.2, 0.25) is 0 Å². The monoisotopic (exact) mass is 374 g/mol. The SMILES string of the molecule is [C-]#[N+]c1ccc(-c2c[nH]n(-c3ccc(C(=O)O)cn3)c2=O)c(C(F)(F)F)c1. The van der Waals surface area contributed by atoms with Crippen LogP contribution in [0.1, 0.15) is 15.9 Å². The van der Waals surface area contributed by atoms with E-state index in [-0.39, 0.29) is 28.2 Å². The number of hydrogen-bond acceptors (Lipinski definition) is 3. The lowest BCUT2D eigenvalue weighted by molar-refractivity contribution is -0.137. The standard InChI is InChI=1S/C17H9F3N4O3/c1-21-10-3-4-11(13(6-10)17(18,19)20)12-8-23-24(15(12)25)14-5-2-9(7-22-14)16(26)27/h2-8,23H,(H,26,27). The van der Waals surface area contributed by atoms with Crippen molar-refractivity contribution in [3.8, 4) is 16.9 Å². The van der Waals surface area contributed by atoms with Crippen LogP contribution in [0.2, 0.25) is 0 Å². The van der Waals surface area contributed by atoms with E-state index in [1.807, 2.05) is 0 Å². The van der Waals surface area contributed by atoms with Crippen LogP contribution in [0.5, 0.6) is 0 Å². The van der Waals surface area contributed by atoms with Gasteiger partial charge >= 0.3 is 12.1 Å². The molecule has 27 heavy (non-hydrogen) atoms. The van der Waals surface area contributed by atoms with Gasteiger partial charge in [0.25, 0.3) is 5.56 Å². The number of aromatic nitrogens is 3. The van der Waals surface area contributed by atoms with Crippen molar-refractivity contribution >= 4 is 11.7 Å². The Morgan fingerprint density at radius 3 is 2.52 bits per heavy atom. The van der Waals surface area contributed by atoms with Gasteiger partial charge in [-0.05, 0) is 23.8 Å². The molecule has 0 aliphatic carbocycles. The van der Waals surface area contributed by atoms with Gasteiger partial charge in [0, 0.05) is 12.4 Å². The van der Waals surface area contributed by atoms with Crippen molar-refractivity contribution in [2.45, 2.75) is 6.18 Å². The first-order valence-electron chi connectivity index (χ1n) is 7.31. The van der Waals surface area contributed by atoms with E-state index in [4.69, 9.17) is 11.7 Å². The number of aromatic amines is 1. The first-order valence-corrected chi connectivity index (χ1v) is 7.31. The highest BCUT2D eigenvalue weighted by Gasteiger charge is 2.34. The maximum atomic E-state index is 13.3. The number of aromatic carboxylic acids is 1. The van der Waals surface area contributed by atoms with E-state index in [0.29, 0.717) is 6.07 Å². The van der Waals surface area contributed by atoms with Crippen LogP contribution in [0.3, 0.4) is 0 Å². The molecule has 2 aromatic heterocycles. The molecule has 0 aliphatic rings. The Kier molecular flexibility index (Phi) is 4.29. The topological polar surface area (TPSA) is 92.3 Å². The number of nitrogens with zero attached hydrogens (tertiary/aromatic N) is 3. The number of nitrogens with one attached hydrogen (secondary N) is 1. The molecule has 7 nitrogen and oxygen atoms in total. The molecule has 10 heteroatoms. The lowest BCUT2D eigenvalue weighted by Crippen LogP contribution is -2.18. The molecule has 0 saturated heterocycles. The number of rotatable bonds is 3. The maximum absolute atomic E-state index is 13.3. The summed E-state index contributed by atoms with van der Waals surface area (Å²) in [5.41, 5.74) is -2.85. The van der Waals surface area contributed by atoms with Gasteiger partial charge in [0.1, 0.15) is 0 Å². The molecule has 136 valence electrons. The van der Waals surface area contributed by atoms with Crippen LogP contribution in [0.25, 0.3) is 21.8 Å². The van der Waals surface area contributed by atoms with Gasteiger partial charge in [-0.2, -0.15) is 13.2 Å². The van der Waals surface area contributed by atoms with Crippen molar-refractivity contribution in [1.29, 1.82) is 0 Å². The van der Waals surface area contributed by atoms with Gasteiger partial charge in [-0.25, -0.2) is 19.3 Å². The van der Waals surface area contributed by atoms with Crippen LogP contribution < -0.4 is 5.56 Å². The van der Waals surface area contributed by atoms with Gasteiger partial charge in [-0.3, -0.25) is 9.89 Å². The summed E-state index contributed by atoms with van der Waals surface area (Å²) in [7, 11) is 0. The molecule has 2 heterocycles. The number of alkyl halides is 3. The second-order valence-corrected chi connectivity index (χ2v) is 5.38. The van der Waals surface area contributed by atoms with Crippen LogP contribution in [0, 0.1) is 6.57 Å². The number of benzene rings is 1. The molecule has 0 spiro atoms. The number of carboxylic acids is 1. The van der Waals surface area contributed by atoms with Crippen molar-refractivity contribution in [1.82, 2.24) is 14.8 Å².